The van der Waals surface area contributed by atoms with Crippen LogP contribution < -0.4 is 4.48 Å². The standard InChI is InChI=1S/C13H18N4O3/c1-13(2,3)17(9-5-14-8-15-6-9)7-10(11(18)19)16(4)12(17)20/h5-6,8,10H,7H2,1-4H3/p+1. The Balaban J connectivity index is 2.62. The molecule has 0 aromatic carbocycles. The van der Waals surface area contributed by atoms with E-state index in [1.807, 2.05) is 20.8 Å². The lowest BCUT2D eigenvalue weighted by Gasteiger charge is -2.41. The van der Waals surface area contributed by atoms with Gasteiger partial charge in [-0.15, -0.1) is 0 Å². The molecule has 1 saturated heterocycles. The van der Waals surface area contributed by atoms with Crippen molar-refractivity contribution in [3.63, 3.8) is 0 Å². The SMILES string of the molecule is CN1C(=O)[N+](c2cncnc2)(C(C)(C)C)CC1C(=O)O. The van der Waals surface area contributed by atoms with Crippen molar-refractivity contribution in [2.75, 3.05) is 13.6 Å². The van der Waals surface area contributed by atoms with Gasteiger partial charge in [-0.1, -0.05) is 0 Å². The molecule has 1 fully saturated rings. The number of amides is 2. The largest absolute Gasteiger partial charge is 0.480 e. The van der Waals surface area contributed by atoms with Crippen molar-refractivity contribution in [1.29, 1.82) is 0 Å². The summed E-state index contributed by atoms with van der Waals surface area (Å²) in [7, 11) is 1.52. The third-order valence-electron chi connectivity index (χ3n) is 3.96. The Kier molecular flexibility index (Phi) is 3.25. The number of carbonyl (C=O) groups is 2. The summed E-state index contributed by atoms with van der Waals surface area (Å²) in [5.41, 5.74) is 0.112. The maximum atomic E-state index is 12.8. The van der Waals surface area contributed by atoms with Crippen LogP contribution in [0.25, 0.3) is 0 Å². The zero-order valence-corrected chi connectivity index (χ0v) is 12.1. The summed E-state index contributed by atoms with van der Waals surface area (Å²) in [4.78, 5) is 33.4. The van der Waals surface area contributed by atoms with Crippen molar-refractivity contribution in [3.05, 3.63) is 18.7 Å². The van der Waals surface area contributed by atoms with Crippen molar-refractivity contribution in [2.45, 2.75) is 32.4 Å². The number of rotatable bonds is 2. The maximum absolute atomic E-state index is 12.8. The number of quaternary nitrogens is 1. The molecule has 7 nitrogen and oxygen atoms in total. The van der Waals surface area contributed by atoms with Crippen LogP contribution in [0.15, 0.2) is 18.7 Å². The first-order chi connectivity index (χ1) is 9.22. The van der Waals surface area contributed by atoms with Crippen molar-refractivity contribution in [3.8, 4) is 0 Å². The van der Waals surface area contributed by atoms with Crippen LogP contribution in [0.5, 0.6) is 0 Å². The van der Waals surface area contributed by atoms with Crippen LogP contribution in [-0.2, 0) is 4.79 Å². The van der Waals surface area contributed by atoms with Gasteiger partial charge in [-0.25, -0.2) is 19.6 Å². The van der Waals surface area contributed by atoms with Gasteiger partial charge in [0.1, 0.15) is 18.4 Å². The van der Waals surface area contributed by atoms with E-state index in [0.29, 0.717) is 5.69 Å². The lowest BCUT2D eigenvalue weighted by molar-refractivity contribution is -0.140. The van der Waals surface area contributed by atoms with Crippen molar-refractivity contribution in [2.24, 2.45) is 0 Å². The number of nitrogens with zero attached hydrogens (tertiary/aromatic N) is 4. The number of carboxylic acids is 1. The second-order valence-electron chi connectivity index (χ2n) is 6.01. The quantitative estimate of drug-likeness (QED) is 0.820. The van der Waals surface area contributed by atoms with Gasteiger partial charge in [0.25, 0.3) is 0 Å². The highest BCUT2D eigenvalue weighted by Crippen LogP contribution is 2.38. The minimum absolute atomic E-state index is 0.0959. The molecule has 2 heterocycles. The van der Waals surface area contributed by atoms with Crippen LogP contribution in [0.1, 0.15) is 20.8 Å². The van der Waals surface area contributed by atoms with Gasteiger partial charge in [-0.2, -0.15) is 4.48 Å². The van der Waals surface area contributed by atoms with Gasteiger partial charge >= 0.3 is 12.0 Å². The lowest BCUT2D eigenvalue weighted by Crippen LogP contribution is -2.63. The predicted molar refractivity (Wildman–Crippen MR) is 73.0 cm³/mol. The Morgan fingerprint density at radius 1 is 1.40 bits per heavy atom. The Morgan fingerprint density at radius 2 is 1.95 bits per heavy atom. The first-order valence-electron chi connectivity index (χ1n) is 6.35. The minimum Gasteiger partial charge on any atom is -0.480 e. The zero-order chi connectivity index (χ0) is 15.1. The molecule has 1 aromatic rings. The molecule has 1 aliphatic rings. The summed E-state index contributed by atoms with van der Waals surface area (Å²) >= 11 is 0. The number of urea groups is 1. The number of hydrogen-bond donors (Lipinski definition) is 1. The third kappa shape index (κ3) is 1.85. The van der Waals surface area contributed by atoms with Crippen LogP contribution in [0, 0.1) is 0 Å². The van der Waals surface area contributed by atoms with E-state index >= 15 is 0 Å². The predicted octanol–water partition coefficient (Wildman–Crippen LogP) is 1.10. The van der Waals surface area contributed by atoms with Gasteiger partial charge in [0.15, 0.2) is 11.7 Å². The third-order valence-corrected chi connectivity index (χ3v) is 3.96. The van der Waals surface area contributed by atoms with Crippen molar-refractivity contribution >= 4 is 17.7 Å². The smallest absolute Gasteiger partial charge is 0.425 e. The van der Waals surface area contributed by atoms with Crippen molar-refractivity contribution in [1.82, 2.24) is 19.4 Å². The van der Waals surface area contributed by atoms with Crippen LogP contribution in [0.4, 0.5) is 10.5 Å². The molecular formula is C13H19N4O3+. The second-order valence-corrected chi connectivity index (χ2v) is 6.01. The van der Waals surface area contributed by atoms with Gasteiger partial charge in [-0.3, -0.25) is 4.90 Å². The molecule has 0 aliphatic carbocycles. The zero-order valence-electron chi connectivity index (χ0n) is 12.1. The van der Waals surface area contributed by atoms with Gasteiger partial charge < -0.3 is 5.11 Å². The molecule has 2 amide bonds. The van der Waals surface area contributed by atoms with Gasteiger partial charge in [-0.05, 0) is 20.8 Å². The first-order valence-corrected chi connectivity index (χ1v) is 6.35. The molecule has 2 atom stereocenters. The van der Waals surface area contributed by atoms with Gasteiger partial charge in [0.2, 0.25) is 0 Å². The number of aliphatic carboxylic acids is 1. The highest BCUT2D eigenvalue weighted by molar-refractivity contribution is 5.95. The normalized spacial score (nSPS) is 26.9. The fourth-order valence-corrected chi connectivity index (χ4v) is 2.76. The summed E-state index contributed by atoms with van der Waals surface area (Å²) in [5, 5.41) is 9.31. The number of hydrogen-bond acceptors (Lipinski definition) is 4. The van der Waals surface area contributed by atoms with E-state index in [-0.39, 0.29) is 17.1 Å². The van der Waals surface area contributed by atoms with Crippen LogP contribution in [0.3, 0.4) is 0 Å². The van der Waals surface area contributed by atoms with Gasteiger partial charge in [0, 0.05) is 7.05 Å². The van der Waals surface area contributed by atoms with Crippen LogP contribution in [-0.4, -0.2) is 57.1 Å². The maximum Gasteiger partial charge on any atom is 0.425 e. The molecule has 1 aromatic heterocycles. The summed E-state index contributed by atoms with van der Waals surface area (Å²) in [6, 6.07) is -1.10. The molecule has 1 N–H and O–H groups in total. The number of carboxylic acid groups (broad SMARTS) is 1. The fourth-order valence-electron chi connectivity index (χ4n) is 2.76. The topological polar surface area (TPSA) is 83.4 Å². The molecule has 108 valence electrons. The lowest BCUT2D eigenvalue weighted by atomic mass is 10.0. The van der Waals surface area contributed by atoms with E-state index in [4.69, 9.17) is 0 Å². The Labute approximate surface area is 117 Å². The molecule has 2 rings (SSSR count). The molecule has 2 unspecified atom stereocenters. The average Bonchev–Trinajstić information content (AvgIpc) is 2.64. The van der Waals surface area contributed by atoms with E-state index in [2.05, 4.69) is 9.97 Å². The molecule has 0 radical (unpaired) electrons. The number of carbonyl (C=O) groups excluding carboxylic acids is 1. The molecule has 0 spiro atoms. The van der Waals surface area contributed by atoms with E-state index in [0.717, 1.165) is 0 Å². The molecular weight excluding hydrogens is 260 g/mol. The average molecular weight is 279 g/mol. The van der Waals surface area contributed by atoms with E-state index in [9.17, 15) is 14.7 Å². The first kappa shape index (κ1) is 14.4. The highest BCUT2D eigenvalue weighted by Gasteiger charge is 2.61. The summed E-state index contributed by atoms with van der Waals surface area (Å²) in [5.74, 6) is -0.998. The van der Waals surface area contributed by atoms with Crippen LogP contribution >= 0.6 is 0 Å². The molecule has 20 heavy (non-hydrogen) atoms. The molecule has 0 bridgehead atoms. The number of aromatic nitrogens is 2. The minimum atomic E-state index is -0.998. The van der Waals surface area contributed by atoms with E-state index < -0.39 is 17.6 Å². The summed E-state index contributed by atoms with van der Waals surface area (Å²) in [6.07, 6.45) is 4.55. The molecule has 1 aliphatic heterocycles. The monoisotopic (exact) mass is 279 g/mol. The highest BCUT2D eigenvalue weighted by atomic mass is 16.4. The number of likely N-dealkylation sites (N-methyl/N-ethyl adjacent to an activating group) is 1. The Hall–Kier alpha value is -2.02. The van der Waals surface area contributed by atoms with E-state index in [1.54, 1.807) is 12.4 Å². The van der Waals surface area contributed by atoms with Crippen molar-refractivity contribution < 1.29 is 14.7 Å². The molecule has 7 heteroatoms. The second kappa shape index (κ2) is 4.52. The van der Waals surface area contributed by atoms with Crippen LogP contribution in [0.2, 0.25) is 0 Å². The summed E-state index contributed by atoms with van der Waals surface area (Å²) in [6.45, 7) is 5.91. The fraction of sp³-hybridized carbons (Fsp3) is 0.538. The Bertz CT molecular complexity index is 540. The molecule has 0 saturated carbocycles. The Morgan fingerprint density at radius 3 is 2.35 bits per heavy atom. The van der Waals surface area contributed by atoms with Gasteiger partial charge in [0.05, 0.1) is 12.4 Å². The summed E-state index contributed by atoms with van der Waals surface area (Å²) < 4.78 is -0.0959. The van der Waals surface area contributed by atoms with E-state index in [1.165, 1.54) is 18.3 Å².